The predicted molar refractivity (Wildman–Crippen MR) is 152 cm³/mol. The van der Waals surface area contributed by atoms with Crippen LogP contribution in [0.1, 0.15) is 90.2 Å². The molecule has 0 amide bonds. The quantitative estimate of drug-likeness (QED) is 0.201. The number of rotatable bonds is 14. The highest BCUT2D eigenvalue weighted by atomic mass is 79.9. The summed E-state index contributed by atoms with van der Waals surface area (Å²) in [6, 6.07) is 0. The van der Waals surface area contributed by atoms with Crippen molar-refractivity contribution in [2.24, 2.45) is 11.8 Å². The summed E-state index contributed by atoms with van der Waals surface area (Å²) in [5.74, 6) is 0.650. The van der Waals surface area contributed by atoms with Crippen LogP contribution in [0.4, 0.5) is 0 Å². The van der Waals surface area contributed by atoms with Crippen LogP contribution in [0.25, 0.3) is 12.2 Å². The largest absolute Gasteiger partial charge is 0.491 e. The smallest absolute Gasteiger partial charge is 0.217 e. The fraction of sp³-hybridized carbons (Fsp3) is 0.615. The first-order chi connectivity index (χ1) is 17.0. The molecule has 2 atom stereocenters. The van der Waals surface area contributed by atoms with Gasteiger partial charge in [-0.1, -0.05) is 66.2 Å². The molecule has 0 fully saturated rings. The van der Waals surface area contributed by atoms with Crippen LogP contribution in [0.3, 0.4) is 0 Å². The first kappa shape index (κ1) is 29.7. The molecule has 1 aromatic rings. The Bertz CT molecular complexity index is 1150. The number of benzene rings is 1. The Morgan fingerprint density at radius 3 is 1.36 bits per heavy atom. The molecule has 3 rings (SSSR count). The Morgan fingerprint density at radius 1 is 0.694 bits per heavy atom. The number of hydrogen-bond acceptors (Lipinski definition) is 6. The standard InChI is InChI=1S/C26H36Br2O6S2/c1-5-9-11-17(7-3)15-33-23-19-13-21(27)36(31,32)26(19)24(34-16-18(8-4)12-10-6-2)20-14-22(28)35(29,30)25(20)23/h13-14,17-18H,5-12,15-16H2,1-4H3. The van der Waals surface area contributed by atoms with Crippen molar-refractivity contribution in [3.8, 4) is 11.5 Å². The molecule has 0 bridgehead atoms. The highest BCUT2D eigenvalue weighted by molar-refractivity contribution is 9.14. The zero-order valence-electron chi connectivity index (χ0n) is 21.4. The van der Waals surface area contributed by atoms with Gasteiger partial charge in [-0.25, -0.2) is 16.8 Å². The van der Waals surface area contributed by atoms with Gasteiger partial charge in [0.05, 0.1) is 13.2 Å². The summed E-state index contributed by atoms with van der Waals surface area (Å²) in [5, 5.41) is 0. The highest BCUT2D eigenvalue weighted by Crippen LogP contribution is 2.55. The van der Waals surface area contributed by atoms with Crippen LogP contribution in [-0.4, -0.2) is 30.0 Å². The summed E-state index contributed by atoms with van der Waals surface area (Å²) in [6.07, 6.45) is 10.8. The van der Waals surface area contributed by atoms with Crippen molar-refractivity contribution in [1.82, 2.24) is 0 Å². The van der Waals surface area contributed by atoms with Gasteiger partial charge in [0.2, 0.25) is 19.7 Å². The van der Waals surface area contributed by atoms with Gasteiger partial charge >= 0.3 is 0 Å². The summed E-state index contributed by atoms with van der Waals surface area (Å²) in [6.45, 7) is 9.02. The average Bonchev–Trinajstić information content (AvgIpc) is 3.22. The van der Waals surface area contributed by atoms with E-state index in [0.717, 1.165) is 51.4 Å². The molecule has 202 valence electrons. The monoisotopic (exact) mass is 666 g/mol. The Kier molecular flexibility index (Phi) is 10.2. The minimum Gasteiger partial charge on any atom is -0.491 e. The van der Waals surface area contributed by atoms with Crippen LogP contribution in [0, 0.1) is 11.8 Å². The summed E-state index contributed by atoms with van der Waals surface area (Å²) in [7, 11) is -7.82. The van der Waals surface area contributed by atoms with Crippen molar-refractivity contribution in [2.45, 2.75) is 88.9 Å². The van der Waals surface area contributed by atoms with Gasteiger partial charge in [-0.05, 0) is 68.7 Å². The normalized spacial score (nSPS) is 18.7. The second kappa shape index (κ2) is 12.3. The molecule has 0 aromatic heterocycles. The lowest BCUT2D eigenvalue weighted by Gasteiger charge is -2.23. The Balaban J connectivity index is 2.16. The van der Waals surface area contributed by atoms with Crippen LogP contribution in [0.2, 0.25) is 0 Å². The Hall–Kier alpha value is -0.840. The van der Waals surface area contributed by atoms with Crippen LogP contribution < -0.4 is 9.47 Å². The van der Waals surface area contributed by atoms with Crippen molar-refractivity contribution in [3.05, 3.63) is 18.8 Å². The van der Waals surface area contributed by atoms with Crippen LogP contribution in [0.5, 0.6) is 11.5 Å². The molecule has 2 aliphatic heterocycles. The zero-order valence-corrected chi connectivity index (χ0v) is 26.2. The Morgan fingerprint density at radius 2 is 1.06 bits per heavy atom. The molecule has 0 spiro atoms. The second-order valence-corrected chi connectivity index (χ2v) is 16.0. The van der Waals surface area contributed by atoms with E-state index < -0.39 is 19.7 Å². The summed E-state index contributed by atoms with van der Waals surface area (Å²) >= 11 is 6.36. The zero-order chi connectivity index (χ0) is 26.7. The van der Waals surface area contributed by atoms with Crippen molar-refractivity contribution in [2.75, 3.05) is 13.2 Å². The van der Waals surface area contributed by atoms with Gasteiger partial charge in [-0.3, -0.25) is 0 Å². The van der Waals surface area contributed by atoms with Crippen molar-refractivity contribution < 1.29 is 26.3 Å². The van der Waals surface area contributed by atoms with E-state index in [1.807, 2.05) is 0 Å². The Labute approximate surface area is 233 Å². The summed E-state index contributed by atoms with van der Waals surface area (Å²) in [5.41, 5.74) is 0.475. The molecule has 0 saturated carbocycles. The number of hydrogen-bond donors (Lipinski definition) is 0. The average molecular weight is 669 g/mol. The first-order valence-corrected chi connectivity index (χ1v) is 17.3. The number of fused-ring (bicyclic) bond motifs is 2. The topological polar surface area (TPSA) is 86.7 Å². The fourth-order valence-corrected chi connectivity index (χ4v) is 8.63. The lowest BCUT2D eigenvalue weighted by molar-refractivity contribution is 0.219. The lowest BCUT2D eigenvalue weighted by atomic mass is 10.00. The molecule has 0 saturated heterocycles. The van der Waals surface area contributed by atoms with Crippen LogP contribution in [0.15, 0.2) is 17.4 Å². The number of sulfone groups is 2. The maximum absolute atomic E-state index is 13.4. The molecular formula is C26H36Br2O6S2. The molecule has 2 heterocycles. The third-order valence-corrected chi connectivity index (χ3v) is 13.1. The van der Waals surface area contributed by atoms with E-state index in [0.29, 0.717) is 13.2 Å². The molecule has 1 aromatic carbocycles. The molecule has 0 radical (unpaired) electrons. The lowest BCUT2D eigenvalue weighted by Crippen LogP contribution is -2.17. The maximum atomic E-state index is 13.4. The van der Waals surface area contributed by atoms with E-state index in [9.17, 15) is 16.8 Å². The van der Waals surface area contributed by atoms with E-state index in [1.165, 1.54) is 12.2 Å². The van der Waals surface area contributed by atoms with E-state index in [2.05, 4.69) is 59.6 Å². The summed E-state index contributed by atoms with van der Waals surface area (Å²) < 4.78 is 65.9. The third kappa shape index (κ3) is 5.76. The van der Waals surface area contributed by atoms with Crippen molar-refractivity contribution in [3.63, 3.8) is 0 Å². The van der Waals surface area contributed by atoms with Gasteiger partial charge in [0.1, 0.15) is 28.9 Å². The van der Waals surface area contributed by atoms with E-state index >= 15 is 0 Å². The minimum absolute atomic E-state index is 0.0243. The van der Waals surface area contributed by atoms with Gasteiger partial charge in [0.25, 0.3) is 0 Å². The van der Waals surface area contributed by atoms with Gasteiger partial charge in [0, 0.05) is 11.1 Å². The number of unbranched alkanes of at least 4 members (excludes halogenated alkanes) is 2. The molecule has 2 unspecified atom stereocenters. The molecule has 10 heteroatoms. The molecule has 0 aliphatic carbocycles. The predicted octanol–water partition coefficient (Wildman–Crippen LogP) is 7.84. The summed E-state index contributed by atoms with van der Waals surface area (Å²) in [4.78, 5) is -0.0487. The fourth-order valence-electron chi connectivity index (χ4n) is 4.55. The van der Waals surface area contributed by atoms with Crippen molar-refractivity contribution >= 4 is 63.7 Å². The molecule has 6 nitrogen and oxygen atoms in total. The first-order valence-electron chi connectivity index (χ1n) is 12.8. The van der Waals surface area contributed by atoms with Gasteiger partial charge < -0.3 is 9.47 Å². The maximum Gasteiger partial charge on any atom is 0.217 e. The number of halogens is 2. The number of ether oxygens (including phenoxy) is 2. The van der Waals surface area contributed by atoms with E-state index in [-0.39, 0.29) is 51.9 Å². The van der Waals surface area contributed by atoms with Crippen molar-refractivity contribution in [1.29, 1.82) is 0 Å². The van der Waals surface area contributed by atoms with E-state index in [1.54, 1.807) is 0 Å². The van der Waals surface area contributed by atoms with Crippen LogP contribution >= 0.6 is 31.9 Å². The molecule has 2 aliphatic rings. The molecule has 36 heavy (non-hydrogen) atoms. The molecule has 0 N–H and O–H groups in total. The van der Waals surface area contributed by atoms with Crippen LogP contribution in [-0.2, 0) is 19.7 Å². The highest BCUT2D eigenvalue weighted by Gasteiger charge is 2.44. The molecular weight excluding hydrogens is 632 g/mol. The van der Waals surface area contributed by atoms with Gasteiger partial charge in [-0.15, -0.1) is 0 Å². The minimum atomic E-state index is -3.91. The van der Waals surface area contributed by atoms with Gasteiger partial charge in [0.15, 0.2) is 0 Å². The third-order valence-electron chi connectivity index (χ3n) is 6.97. The second-order valence-electron chi connectivity index (χ2n) is 9.50. The SMILES string of the molecule is CCCCC(CC)COc1c2c(c(OCC(CC)CCCC)c3c1S(=O)(=O)C(Br)=C3)S(=O)(=O)C(Br)=C2. The van der Waals surface area contributed by atoms with E-state index in [4.69, 9.17) is 9.47 Å². The van der Waals surface area contributed by atoms with Gasteiger partial charge in [-0.2, -0.15) is 0 Å².